The van der Waals surface area contributed by atoms with Crippen molar-refractivity contribution in [3.63, 3.8) is 0 Å². The zero-order chi connectivity index (χ0) is 16.2. The van der Waals surface area contributed by atoms with Crippen LogP contribution in [0.15, 0.2) is 36.7 Å². The van der Waals surface area contributed by atoms with Crippen LogP contribution in [0.2, 0.25) is 0 Å². The molecule has 1 amide bonds. The van der Waals surface area contributed by atoms with Crippen LogP contribution in [0.1, 0.15) is 24.5 Å². The lowest BCUT2D eigenvalue weighted by molar-refractivity contribution is -0.116. The third-order valence-corrected chi connectivity index (χ3v) is 3.59. The summed E-state index contributed by atoms with van der Waals surface area (Å²) in [5, 5.41) is 7.19. The Hall–Kier alpha value is -3.00. The van der Waals surface area contributed by atoms with Gasteiger partial charge in [-0.15, -0.1) is 0 Å². The SMILES string of the molecule is CCC#CC(=O)NC1C=CC=C(c2cnc3[nH]cc(C)c3c2)N1. The van der Waals surface area contributed by atoms with Gasteiger partial charge in [0.1, 0.15) is 11.8 Å². The van der Waals surface area contributed by atoms with E-state index >= 15 is 0 Å². The Kier molecular flexibility index (Phi) is 4.15. The van der Waals surface area contributed by atoms with Crippen LogP contribution < -0.4 is 10.6 Å². The summed E-state index contributed by atoms with van der Waals surface area (Å²) in [6.07, 6.45) is 9.89. The first kappa shape index (κ1) is 14.9. The van der Waals surface area contributed by atoms with Gasteiger partial charge in [-0.25, -0.2) is 4.98 Å². The van der Waals surface area contributed by atoms with E-state index in [1.54, 1.807) is 0 Å². The molecule has 0 saturated heterocycles. The number of aromatic amines is 1. The van der Waals surface area contributed by atoms with Crippen molar-refractivity contribution in [2.45, 2.75) is 26.4 Å². The number of fused-ring (bicyclic) bond motifs is 1. The maximum Gasteiger partial charge on any atom is 0.297 e. The fourth-order valence-corrected chi connectivity index (χ4v) is 2.42. The molecule has 0 saturated carbocycles. The third-order valence-electron chi connectivity index (χ3n) is 3.59. The van der Waals surface area contributed by atoms with Crippen LogP contribution in [0, 0.1) is 18.8 Å². The molecule has 3 heterocycles. The first-order valence-electron chi connectivity index (χ1n) is 7.56. The van der Waals surface area contributed by atoms with Crippen LogP contribution in [0.3, 0.4) is 0 Å². The number of nitrogens with zero attached hydrogens (tertiary/aromatic N) is 1. The number of carbonyl (C=O) groups is 1. The predicted molar refractivity (Wildman–Crippen MR) is 91.1 cm³/mol. The smallest absolute Gasteiger partial charge is 0.297 e. The van der Waals surface area contributed by atoms with Gasteiger partial charge in [0.2, 0.25) is 0 Å². The molecular weight excluding hydrogens is 288 g/mol. The Morgan fingerprint density at radius 3 is 3.17 bits per heavy atom. The van der Waals surface area contributed by atoms with Crippen molar-refractivity contribution in [1.29, 1.82) is 0 Å². The fraction of sp³-hybridized carbons (Fsp3) is 0.222. The number of dihydropyridines is 1. The molecule has 0 aliphatic carbocycles. The second-order valence-corrected chi connectivity index (χ2v) is 5.31. The largest absolute Gasteiger partial charge is 0.361 e. The average molecular weight is 306 g/mol. The predicted octanol–water partition coefficient (Wildman–Crippen LogP) is 2.23. The van der Waals surface area contributed by atoms with Gasteiger partial charge >= 0.3 is 0 Å². The summed E-state index contributed by atoms with van der Waals surface area (Å²) in [5.41, 5.74) is 3.92. The molecule has 0 aromatic carbocycles. The van der Waals surface area contributed by atoms with Crippen molar-refractivity contribution in [3.8, 4) is 11.8 Å². The minimum absolute atomic E-state index is 0.281. The van der Waals surface area contributed by atoms with Crippen molar-refractivity contribution in [1.82, 2.24) is 20.6 Å². The van der Waals surface area contributed by atoms with Gasteiger partial charge in [-0.2, -0.15) is 0 Å². The topological polar surface area (TPSA) is 69.8 Å². The van der Waals surface area contributed by atoms with Gasteiger partial charge in [0.25, 0.3) is 5.91 Å². The van der Waals surface area contributed by atoms with E-state index in [0.717, 1.165) is 27.9 Å². The van der Waals surface area contributed by atoms with Gasteiger partial charge in [0.15, 0.2) is 0 Å². The molecule has 5 heteroatoms. The van der Waals surface area contributed by atoms with Crippen LogP contribution in [-0.4, -0.2) is 22.0 Å². The summed E-state index contributed by atoms with van der Waals surface area (Å²) >= 11 is 0. The van der Waals surface area contributed by atoms with Gasteiger partial charge in [-0.1, -0.05) is 18.9 Å². The maximum atomic E-state index is 11.7. The van der Waals surface area contributed by atoms with E-state index in [1.807, 2.05) is 44.5 Å². The van der Waals surface area contributed by atoms with Crippen LogP contribution in [-0.2, 0) is 4.79 Å². The number of aryl methyl sites for hydroxylation is 1. The quantitative estimate of drug-likeness (QED) is 0.745. The van der Waals surface area contributed by atoms with Crippen molar-refractivity contribution in [2.24, 2.45) is 0 Å². The molecular formula is C18H18N4O. The van der Waals surface area contributed by atoms with Crippen LogP contribution >= 0.6 is 0 Å². The summed E-state index contributed by atoms with van der Waals surface area (Å²) < 4.78 is 0. The number of aromatic nitrogens is 2. The number of rotatable bonds is 2. The van der Waals surface area contributed by atoms with Gasteiger partial charge in [0, 0.05) is 35.5 Å². The number of pyridine rings is 1. The fourth-order valence-electron chi connectivity index (χ4n) is 2.42. The molecule has 116 valence electrons. The number of amides is 1. The molecule has 5 nitrogen and oxygen atoms in total. The first-order chi connectivity index (χ1) is 11.2. The Labute approximate surface area is 134 Å². The Balaban J connectivity index is 1.77. The highest BCUT2D eigenvalue weighted by molar-refractivity contribution is 5.94. The van der Waals surface area contributed by atoms with Crippen molar-refractivity contribution >= 4 is 22.6 Å². The molecule has 23 heavy (non-hydrogen) atoms. The first-order valence-corrected chi connectivity index (χ1v) is 7.56. The summed E-state index contributed by atoms with van der Waals surface area (Å²) in [7, 11) is 0. The number of nitrogens with one attached hydrogen (secondary N) is 3. The second kappa shape index (κ2) is 6.41. The molecule has 3 N–H and O–H groups in total. The highest BCUT2D eigenvalue weighted by Gasteiger charge is 2.14. The van der Waals surface area contributed by atoms with Crippen molar-refractivity contribution < 1.29 is 4.79 Å². The summed E-state index contributed by atoms with van der Waals surface area (Å²) in [6.45, 7) is 3.95. The third kappa shape index (κ3) is 3.27. The summed E-state index contributed by atoms with van der Waals surface area (Å²) in [4.78, 5) is 19.3. The number of hydrogen-bond acceptors (Lipinski definition) is 3. The lowest BCUT2D eigenvalue weighted by Gasteiger charge is -2.22. The lowest BCUT2D eigenvalue weighted by Crippen LogP contribution is -2.43. The second-order valence-electron chi connectivity index (χ2n) is 5.31. The maximum absolute atomic E-state index is 11.7. The van der Waals surface area contributed by atoms with E-state index in [-0.39, 0.29) is 12.1 Å². The minimum Gasteiger partial charge on any atom is -0.361 e. The van der Waals surface area contributed by atoms with E-state index < -0.39 is 0 Å². The Morgan fingerprint density at radius 1 is 1.48 bits per heavy atom. The number of H-pyrrole nitrogens is 1. The monoisotopic (exact) mass is 306 g/mol. The van der Waals surface area contributed by atoms with E-state index in [1.165, 1.54) is 0 Å². The molecule has 1 atom stereocenters. The minimum atomic E-state index is -0.287. The highest BCUT2D eigenvalue weighted by atomic mass is 16.1. The Bertz CT molecular complexity index is 864. The molecule has 3 rings (SSSR count). The zero-order valence-corrected chi connectivity index (χ0v) is 13.1. The highest BCUT2D eigenvalue weighted by Crippen LogP contribution is 2.21. The van der Waals surface area contributed by atoms with Crippen molar-refractivity contribution in [2.75, 3.05) is 0 Å². The zero-order valence-electron chi connectivity index (χ0n) is 13.1. The van der Waals surface area contributed by atoms with Crippen LogP contribution in [0.5, 0.6) is 0 Å². The molecule has 0 radical (unpaired) electrons. The van der Waals surface area contributed by atoms with Gasteiger partial charge in [0.05, 0.1) is 0 Å². The molecule has 1 aliphatic heterocycles. The molecule has 0 spiro atoms. The van der Waals surface area contributed by atoms with Crippen LogP contribution in [0.25, 0.3) is 16.7 Å². The van der Waals surface area contributed by atoms with Gasteiger partial charge in [-0.05, 0) is 36.6 Å². The van der Waals surface area contributed by atoms with Gasteiger partial charge < -0.3 is 15.6 Å². The van der Waals surface area contributed by atoms with E-state index in [4.69, 9.17) is 0 Å². The van der Waals surface area contributed by atoms with Crippen LogP contribution in [0.4, 0.5) is 0 Å². The van der Waals surface area contributed by atoms with E-state index in [2.05, 4.69) is 38.5 Å². The number of carbonyl (C=O) groups excluding carboxylic acids is 1. The van der Waals surface area contributed by atoms with E-state index in [0.29, 0.717) is 6.42 Å². The summed E-state index contributed by atoms with van der Waals surface area (Å²) in [6, 6.07) is 2.09. The number of hydrogen-bond donors (Lipinski definition) is 3. The molecule has 1 unspecified atom stereocenters. The molecule has 0 bridgehead atoms. The normalized spacial score (nSPS) is 16.3. The van der Waals surface area contributed by atoms with Gasteiger partial charge in [-0.3, -0.25) is 4.79 Å². The Morgan fingerprint density at radius 2 is 2.35 bits per heavy atom. The standard InChI is InChI=1S/C18H18N4O/c1-3-4-8-17(23)22-16-7-5-6-15(21-16)13-9-14-12(2)10-19-18(14)20-11-13/h5-7,9-11,16,21H,3H2,1-2H3,(H,19,20)(H,22,23). The molecule has 0 fully saturated rings. The summed E-state index contributed by atoms with van der Waals surface area (Å²) in [5.74, 6) is 5.03. The lowest BCUT2D eigenvalue weighted by atomic mass is 10.1. The van der Waals surface area contributed by atoms with E-state index in [9.17, 15) is 4.79 Å². The molecule has 2 aromatic rings. The number of allylic oxidation sites excluding steroid dienone is 2. The molecule has 1 aliphatic rings. The van der Waals surface area contributed by atoms with Crippen molar-refractivity contribution in [3.05, 3.63) is 47.8 Å². The average Bonchev–Trinajstić information content (AvgIpc) is 2.94. The molecule has 2 aromatic heterocycles.